The Morgan fingerprint density at radius 1 is 1.11 bits per heavy atom. The highest BCUT2D eigenvalue weighted by atomic mass is 32.1. The van der Waals surface area contributed by atoms with Gasteiger partial charge in [0.05, 0.1) is 16.8 Å². The number of ether oxygens (including phenoxy) is 1. The van der Waals surface area contributed by atoms with Crippen LogP contribution in [0.15, 0.2) is 30.3 Å². The number of carbonyl (C=O) groups is 2. The molecule has 3 aromatic heterocycles. The molecule has 3 heterocycles. The Hall–Kier alpha value is -2.84. The maximum atomic E-state index is 12.6. The summed E-state index contributed by atoms with van der Waals surface area (Å²) in [6.07, 6.45) is 0. The van der Waals surface area contributed by atoms with Crippen molar-refractivity contribution in [1.82, 2.24) is 9.97 Å². The predicted molar refractivity (Wildman–Crippen MR) is 113 cm³/mol. The van der Waals surface area contributed by atoms with E-state index in [2.05, 4.69) is 15.3 Å². The largest absolute Gasteiger partial charge is 0.462 e. The highest BCUT2D eigenvalue weighted by Crippen LogP contribution is 2.37. The molecule has 4 rings (SSSR count). The lowest BCUT2D eigenvalue weighted by Gasteiger charge is -2.04. The molecule has 8 heteroatoms. The van der Waals surface area contributed by atoms with Crippen LogP contribution >= 0.6 is 22.7 Å². The zero-order valence-electron chi connectivity index (χ0n) is 15.5. The Morgan fingerprint density at radius 3 is 2.68 bits per heavy atom. The molecule has 1 amide bonds. The first-order valence-corrected chi connectivity index (χ1v) is 10.4. The van der Waals surface area contributed by atoms with Crippen molar-refractivity contribution in [1.29, 1.82) is 0 Å². The highest BCUT2D eigenvalue weighted by molar-refractivity contribution is 7.30. The number of nitrogens with zero attached hydrogens (tertiary/aromatic N) is 2. The van der Waals surface area contributed by atoms with E-state index in [1.807, 2.05) is 38.1 Å². The fraction of sp³-hybridized carbons (Fsp3) is 0.200. The third-order valence-corrected chi connectivity index (χ3v) is 6.63. The van der Waals surface area contributed by atoms with E-state index in [1.165, 1.54) is 22.7 Å². The maximum absolute atomic E-state index is 12.6. The van der Waals surface area contributed by atoms with Crippen LogP contribution in [0.4, 0.5) is 5.13 Å². The molecule has 0 saturated carbocycles. The first-order valence-electron chi connectivity index (χ1n) is 8.72. The summed E-state index contributed by atoms with van der Waals surface area (Å²) in [6, 6.07) is 9.28. The summed E-state index contributed by atoms with van der Waals surface area (Å²) in [5, 5.41) is 4.27. The zero-order chi connectivity index (χ0) is 19.8. The minimum Gasteiger partial charge on any atom is -0.462 e. The molecule has 0 fully saturated rings. The number of anilines is 1. The summed E-state index contributed by atoms with van der Waals surface area (Å²) >= 11 is 2.64. The lowest BCUT2D eigenvalue weighted by molar-refractivity contribution is 0.0531. The van der Waals surface area contributed by atoms with Crippen molar-refractivity contribution in [3.8, 4) is 0 Å². The van der Waals surface area contributed by atoms with Crippen LogP contribution < -0.4 is 5.32 Å². The molecule has 4 aromatic rings. The van der Waals surface area contributed by atoms with Gasteiger partial charge < -0.3 is 4.74 Å². The van der Waals surface area contributed by atoms with Crippen LogP contribution in [0.2, 0.25) is 0 Å². The van der Waals surface area contributed by atoms with Crippen LogP contribution in [0.3, 0.4) is 0 Å². The SMILES string of the molecule is CCOC(=O)c1sc2nc(NC(=O)c3ccc4nc(C)ccc4c3)sc2c1C. The Balaban J connectivity index is 1.58. The van der Waals surface area contributed by atoms with Crippen LogP contribution in [0.25, 0.3) is 20.4 Å². The fourth-order valence-corrected chi connectivity index (χ4v) is 5.08. The second-order valence-corrected chi connectivity index (χ2v) is 8.24. The van der Waals surface area contributed by atoms with E-state index in [9.17, 15) is 9.59 Å². The smallest absolute Gasteiger partial charge is 0.348 e. The molecule has 1 N–H and O–H groups in total. The van der Waals surface area contributed by atoms with Crippen molar-refractivity contribution < 1.29 is 14.3 Å². The minimum absolute atomic E-state index is 0.229. The van der Waals surface area contributed by atoms with E-state index >= 15 is 0 Å². The van der Waals surface area contributed by atoms with Gasteiger partial charge in [-0.1, -0.05) is 17.4 Å². The van der Waals surface area contributed by atoms with Gasteiger partial charge in [-0.2, -0.15) is 0 Å². The number of aromatic nitrogens is 2. The first kappa shape index (κ1) is 18.5. The second kappa shape index (κ2) is 7.29. The summed E-state index contributed by atoms with van der Waals surface area (Å²) in [5.41, 5.74) is 3.17. The maximum Gasteiger partial charge on any atom is 0.348 e. The summed E-state index contributed by atoms with van der Waals surface area (Å²) in [4.78, 5) is 34.8. The summed E-state index contributed by atoms with van der Waals surface area (Å²) < 4.78 is 5.97. The van der Waals surface area contributed by atoms with Gasteiger partial charge in [-0.3, -0.25) is 15.1 Å². The predicted octanol–water partition coefficient (Wildman–Crippen LogP) is 4.95. The lowest BCUT2D eigenvalue weighted by atomic mass is 10.1. The van der Waals surface area contributed by atoms with E-state index in [0.29, 0.717) is 22.2 Å². The topological polar surface area (TPSA) is 81.2 Å². The molecule has 0 unspecified atom stereocenters. The minimum atomic E-state index is -0.333. The van der Waals surface area contributed by atoms with Crippen molar-refractivity contribution >= 4 is 60.1 Å². The summed E-state index contributed by atoms with van der Waals surface area (Å²) in [6.45, 7) is 5.91. The molecule has 1 aromatic carbocycles. The molecule has 0 bridgehead atoms. The van der Waals surface area contributed by atoms with Gasteiger partial charge >= 0.3 is 5.97 Å². The fourth-order valence-electron chi connectivity index (χ4n) is 2.87. The van der Waals surface area contributed by atoms with E-state index in [4.69, 9.17) is 4.74 Å². The van der Waals surface area contributed by atoms with Gasteiger partial charge in [0.15, 0.2) is 5.13 Å². The third kappa shape index (κ3) is 3.36. The molecule has 142 valence electrons. The molecule has 0 radical (unpaired) electrons. The number of hydrogen-bond donors (Lipinski definition) is 1. The van der Waals surface area contributed by atoms with E-state index in [-0.39, 0.29) is 11.9 Å². The molecule has 0 spiro atoms. The summed E-state index contributed by atoms with van der Waals surface area (Å²) in [7, 11) is 0. The number of pyridine rings is 1. The molecular weight excluding hydrogens is 394 g/mol. The lowest BCUT2D eigenvalue weighted by Crippen LogP contribution is -2.11. The molecule has 0 aliphatic carbocycles. The number of aryl methyl sites for hydroxylation is 2. The Labute approximate surface area is 169 Å². The Kier molecular flexibility index (Phi) is 4.82. The van der Waals surface area contributed by atoms with Crippen LogP contribution in [-0.4, -0.2) is 28.5 Å². The molecule has 0 aliphatic rings. The molecule has 28 heavy (non-hydrogen) atoms. The van der Waals surface area contributed by atoms with E-state index < -0.39 is 0 Å². The first-order chi connectivity index (χ1) is 13.5. The van der Waals surface area contributed by atoms with Crippen molar-refractivity contribution in [2.45, 2.75) is 20.8 Å². The number of esters is 1. The van der Waals surface area contributed by atoms with Crippen molar-refractivity contribution in [3.05, 3.63) is 52.0 Å². The number of nitrogens with one attached hydrogen (secondary N) is 1. The average molecular weight is 412 g/mol. The summed E-state index contributed by atoms with van der Waals surface area (Å²) in [5.74, 6) is -0.562. The van der Waals surface area contributed by atoms with Gasteiger partial charge in [0.2, 0.25) is 0 Å². The normalized spacial score (nSPS) is 11.1. The zero-order valence-corrected chi connectivity index (χ0v) is 17.2. The van der Waals surface area contributed by atoms with Gasteiger partial charge in [0, 0.05) is 16.6 Å². The number of thiazole rings is 1. The van der Waals surface area contributed by atoms with Gasteiger partial charge in [0.25, 0.3) is 5.91 Å². The van der Waals surface area contributed by atoms with Gasteiger partial charge in [-0.15, -0.1) is 11.3 Å². The molecule has 6 nitrogen and oxygen atoms in total. The Bertz CT molecular complexity index is 1230. The van der Waals surface area contributed by atoms with Gasteiger partial charge in [-0.05, 0) is 50.6 Å². The van der Waals surface area contributed by atoms with Gasteiger partial charge in [0.1, 0.15) is 9.71 Å². The van der Waals surface area contributed by atoms with Gasteiger partial charge in [-0.25, -0.2) is 9.78 Å². The number of amides is 1. The van der Waals surface area contributed by atoms with Crippen molar-refractivity contribution in [2.75, 3.05) is 11.9 Å². The number of benzene rings is 1. The second-order valence-electron chi connectivity index (χ2n) is 6.24. The number of hydrogen-bond acceptors (Lipinski definition) is 7. The number of rotatable bonds is 4. The van der Waals surface area contributed by atoms with E-state index in [0.717, 1.165) is 31.7 Å². The van der Waals surface area contributed by atoms with Crippen molar-refractivity contribution in [2.24, 2.45) is 0 Å². The number of fused-ring (bicyclic) bond motifs is 2. The molecular formula is C20H17N3O3S2. The van der Waals surface area contributed by atoms with Crippen LogP contribution in [0, 0.1) is 13.8 Å². The quantitative estimate of drug-likeness (QED) is 0.481. The number of carbonyl (C=O) groups excluding carboxylic acids is 2. The van der Waals surface area contributed by atoms with E-state index in [1.54, 1.807) is 13.0 Å². The third-order valence-electron chi connectivity index (χ3n) is 4.25. The van der Waals surface area contributed by atoms with Crippen molar-refractivity contribution in [3.63, 3.8) is 0 Å². The average Bonchev–Trinajstić information content (AvgIpc) is 3.20. The molecule has 0 atom stereocenters. The van der Waals surface area contributed by atoms with Crippen LogP contribution in [0.1, 0.15) is 38.2 Å². The molecule has 0 aliphatic heterocycles. The number of thiophene rings is 1. The van der Waals surface area contributed by atoms with Crippen LogP contribution in [0.5, 0.6) is 0 Å². The monoisotopic (exact) mass is 411 g/mol. The standard InChI is InChI=1S/C20H17N3O3S2/c1-4-26-19(25)16-11(3)15-18(27-16)23-20(28-15)22-17(24)13-7-8-14-12(9-13)6-5-10(2)21-14/h5-9H,4H2,1-3H3,(H,22,23,24). The Morgan fingerprint density at radius 2 is 1.93 bits per heavy atom. The molecule has 0 saturated heterocycles. The highest BCUT2D eigenvalue weighted by Gasteiger charge is 2.20. The van der Waals surface area contributed by atoms with Crippen LogP contribution in [-0.2, 0) is 4.74 Å².